The van der Waals surface area contributed by atoms with E-state index in [4.69, 9.17) is 9.84 Å². The Morgan fingerprint density at radius 3 is 2.68 bits per heavy atom. The van der Waals surface area contributed by atoms with Crippen molar-refractivity contribution in [3.05, 3.63) is 23.8 Å². The second-order valence-corrected chi connectivity index (χ2v) is 5.99. The monoisotopic (exact) mass is 288 g/mol. The summed E-state index contributed by atoms with van der Waals surface area (Å²) in [5.74, 6) is 0.463. The molecule has 0 fully saturated rings. The highest BCUT2D eigenvalue weighted by Crippen LogP contribution is 2.26. The van der Waals surface area contributed by atoms with E-state index in [2.05, 4.69) is 4.72 Å². The molecule has 0 bridgehead atoms. The van der Waals surface area contributed by atoms with Crippen LogP contribution in [-0.2, 0) is 10.2 Å². The SMILES string of the molecule is COc1ccc(C)cc1NS(=O)(=O)N(C)CCCO. The number of nitrogens with zero attached hydrogens (tertiary/aromatic N) is 1. The molecule has 1 rings (SSSR count). The van der Waals surface area contributed by atoms with E-state index in [1.165, 1.54) is 14.2 Å². The molecule has 0 unspecified atom stereocenters. The Labute approximate surface area is 114 Å². The largest absolute Gasteiger partial charge is 0.495 e. The van der Waals surface area contributed by atoms with E-state index in [1.807, 2.05) is 13.0 Å². The first-order valence-electron chi connectivity index (χ1n) is 5.90. The molecule has 108 valence electrons. The predicted octanol–water partition coefficient (Wildman–Crippen LogP) is 0.975. The molecular formula is C12H20N2O4S. The fourth-order valence-corrected chi connectivity index (χ4v) is 2.49. The van der Waals surface area contributed by atoms with E-state index in [9.17, 15) is 8.42 Å². The van der Waals surface area contributed by atoms with Gasteiger partial charge in [-0.2, -0.15) is 12.7 Å². The molecule has 7 heteroatoms. The van der Waals surface area contributed by atoms with Gasteiger partial charge in [0.1, 0.15) is 5.75 Å². The van der Waals surface area contributed by atoms with E-state index >= 15 is 0 Å². The Morgan fingerprint density at radius 2 is 2.11 bits per heavy atom. The van der Waals surface area contributed by atoms with Crippen molar-refractivity contribution in [2.24, 2.45) is 0 Å². The summed E-state index contributed by atoms with van der Waals surface area (Å²) in [5.41, 5.74) is 1.33. The molecule has 0 atom stereocenters. The molecule has 19 heavy (non-hydrogen) atoms. The van der Waals surface area contributed by atoms with Crippen molar-refractivity contribution < 1.29 is 18.3 Å². The zero-order valence-corrected chi connectivity index (χ0v) is 12.2. The minimum Gasteiger partial charge on any atom is -0.495 e. The van der Waals surface area contributed by atoms with Gasteiger partial charge in [0.15, 0.2) is 0 Å². The van der Waals surface area contributed by atoms with Gasteiger partial charge in [0.05, 0.1) is 12.8 Å². The summed E-state index contributed by atoms with van der Waals surface area (Å²) >= 11 is 0. The van der Waals surface area contributed by atoms with E-state index in [0.29, 0.717) is 17.9 Å². The van der Waals surface area contributed by atoms with E-state index in [1.54, 1.807) is 12.1 Å². The Morgan fingerprint density at radius 1 is 1.42 bits per heavy atom. The molecule has 6 nitrogen and oxygen atoms in total. The highest BCUT2D eigenvalue weighted by molar-refractivity contribution is 7.90. The first-order chi connectivity index (χ1) is 8.90. The summed E-state index contributed by atoms with van der Waals surface area (Å²) in [6.45, 7) is 2.07. The van der Waals surface area contributed by atoms with Gasteiger partial charge in [-0.1, -0.05) is 6.07 Å². The van der Waals surface area contributed by atoms with Gasteiger partial charge in [0.25, 0.3) is 0 Å². The van der Waals surface area contributed by atoms with Crippen LogP contribution in [0.25, 0.3) is 0 Å². The van der Waals surface area contributed by atoms with Crippen LogP contribution >= 0.6 is 0 Å². The van der Waals surface area contributed by atoms with Gasteiger partial charge in [0, 0.05) is 20.2 Å². The lowest BCUT2D eigenvalue weighted by Gasteiger charge is -2.19. The van der Waals surface area contributed by atoms with Crippen LogP contribution in [0.3, 0.4) is 0 Å². The van der Waals surface area contributed by atoms with Crippen LogP contribution in [0.1, 0.15) is 12.0 Å². The van der Waals surface area contributed by atoms with Crippen molar-refractivity contribution >= 4 is 15.9 Å². The molecular weight excluding hydrogens is 268 g/mol. The van der Waals surface area contributed by atoms with Crippen LogP contribution in [0.5, 0.6) is 5.75 Å². The summed E-state index contributed by atoms with van der Waals surface area (Å²) in [6, 6.07) is 5.25. The van der Waals surface area contributed by atoms with E-state index < -0.39 is 10.2 Å². The first-order valence-corrected chi connectivity index (χ1v) is 7.34. The maximum atomic E-state index is 12.1. The molecule has 2 N–H and O–H groups in total. The smallest absolute Gasteiger partial charge is 0.301 e. The molecule has 0 aliphatic carbocycles. The zero-order valence-electron chi connectivity index (χ0n) is 11.4. The summed E-state index contributed by atoms with van der Waals surface area (Å²) in [4.78, 5) is 0. The average Bonchev–Trinajstić information content (AvgIpc) is 2.35. The summed E-state index contributed by atoms with van der Waals surface area (Å²) in [6.07, 6.45) is 0.391. The lowest BCUT2D eigenvalue weighted by atomic mass is 10.2. The quantitative estimate of drug-likeness (QED) is 0.784. The van der Waals surface area contributed by atoms with Crippen molar-refractivity contribution in [1.29, 1.82) is 0 Å². The van der Waals surface area contributed by atoms with Crippen LogP contribution in [0.2, 0.25) is 0 Å². The van der Waals surface area contributed by atoms with Crippen LogP contribution < -0.4 is 9.46 Å². The topological polar surface area (TPSA) is 78.9 Å². The number of nitrogens with one attached hydrogen (secondary N) is 1. The summed E-state index contributed by atoms with van der Waals surface area (Å²) < 4.78 is 32.9. The van der Waals surface area contributed by atoms with Gasteiger partial charge in [-0.05, 0) is 31.0 Å². The highest BCUT2D eigenvalue weighted by Gasteiger charge is 2.18. The number of aryl methyl sites for hydroxylation is 1. The summed E-state index contributed by atoms with van der Waals surface area (Å²) in [7, 11) is -0.700. The average molecular weight is 288 g/mol. The minimum atomic E-state index is -3.64. The number of ether oxygens (including phenoxy) is 1. The van der Waals surface area contributed by atoms with Crippen molar-refractivity contribution in [1.82, 2.24) is 4.31 Å². The van der Waals surface area contributed by atoms with Crippen molar-refractivity contribution in [2.75, 3.05) is 32.0 Å². The molecule has 0 aliphatic heterocycles. The maximum Gasteiger partial charge on any atom is 0.301 e. The zero-order chi connectivity index (χ0) is 14.5. The van der Waals surface area contributed by atoms with Gasteiger partial charge < -0.3 is 9.84 Å². The lowest BCUT2D eigenvalue weighted by molar-refractivity contribution is 0.276. The molecule has 0 spiro atoms. The van der Waals surface area contributed by atoms with Crippen molar-refractivity contribution in [2.45, 2.75) is 13.3 Å². The maximum absolute atomic E-state index is 12.1. The van der Waals surface area contributed by atoms with Crippen LogP contribution in [0.4, 0.5) is 5.69 Å². The Kier molecular flexibility index (Phi) is 5.59. The van der Waals surface area contributed by atoms with Gasteiger partial charge in [-0.15, -0.1) is 0 Å². The number of aliphatic hydroxyl groups is 1. The molecule has 0 heterocycles. The number of hydrogen-bond donors (Lipinski definition) is 2. The van der Waals surface area contributed by atoms with Gasteiger partial charge in [-0.3, -0.25) is 4.72 Å². The molecule has 0 aromatic heterocycles. The molecule has 0 amide bonds. The fourth-order valence-electron chi connectivity index (χ4n) is 1.53. The highest BCUT2D eigenvalue weighted by atomic mass is 32.2. The van der Waals surface area contributed by atoms with Crippen LogP contribution in [-0.4, -0.2) is 45.1 Å². The molecule has 0 saturated carbocycles. The third-order valence-electron chi connectivity index (χ3n) is 2.64. The predicted molar refractivity (Wildman–Crippen MR) is 74.6 cm³/mol. The number of rotatable bonds is 7. The molecule has 1 aromatic carbocycles. The molecule has 0 saturated heterocycles. The number of benzene rings is 1. The van der Waals surface area contributed by atoms with E-state index in [-0.39, 0.29) is 13.2 Å². The molecule has 0 aliphatic rings. The number of anilines is 1. The van der Waals surface area contributed by atoms with Crippen LogP contribution in [0.15, 0.2) is 18.2 Å². The first kappa shape index (κ1) is 15.7. The Bertz CT molecular complexity index is 516. The van der Waals surface area contributed by atoms with E-state index in [0.717, 1.165) is 9.87 Å². The second-order valence-electron chi connectivity index (χ2n) is 4.21. The van der Waals surface area contributed by atoms with Crippen LogP contribution in [0, 0.1) is 6.92 Å². The standard InChI is InChI=1S/C12H20N2O4S/c1-10-5-6-12(18-3)11(9-10)13-19(16,17)14(2)7-4-8-15/h5-6,9,13,15H,4,7-8H2,1-3H3. The van der Waals surface area contributed by atoms with Crippen molar-refractivity contribution in [3.8, 4) is 5.75 Å². The third kappa shape index (κ3) is 4.38. The second kappa shape index (κ2) is 6.74. The minimum absolute atomic E-state index is 0.0480. The normalized spacial score (nSPS) is 11.6. The molecule has 1 aromatic rings. The number of aliphatic hydroxyl groups excluding tert-OH is 1. The van der Waals surface area contributed by atoms with Gasteiger partial charge in [-0.25, -0.2) is 0 Å². The third-order valence-corrected chi connectivity index (χ3v) is 4.12. The Balaban J connectivity index is 2.91. The number of methoxy groups -OCH3 is 1. The van der Waals surface area contributed by atoms with Gasteiger partial charge in [0.2, 0.25) is 0 Å². The Hall–Kier alpha value is -1.31. The lowest BCUT2D eigenvalue weighted by Crippen LogP contribution is -2.33. The molecule has 0 radical (unpaired) electrons. The van der Waals surface area contributed by atoms with Crippen molar-refractivity contribution in [3.63, 3.8) is 0 Å². The number of hydrogen-bond acceptors (Lipinski definition) is 4. The van der Waals surface area contributed by atoms with Gasteiger partial charge >= 0.3 is 10.2 Å². The summed E-state index contributed by atoms with van der Waals surface area (Å²) in [5, 5.41) is 8.73. The fraction of sp³-hybridized carbons (Fsp3) is 0.500.